The number of benzene rings is 1. The molecular formula is C20H27ClN4O2. The Labute approximate surface area is 166 Å². The minimum Gasteiger partial charge on any atom is -0.497 e. The molecule has 4 rings (SSSR count). The maximum absolute atomic E-state index is 5.35. The maximum Gasteiger partial charge on any atom is 0.151 e. The van der Waals surface area contributed by atoms with Crippen LogP contribution in [0.25, 0.3) is 5.70 Å². The molecule has 0 saturated carbocycles. The lowest BCUT2D eigenvalue weighted by Gasteiger charge is -2.36. The third-order valence-corrected chi connectivity index (χ3v) is 5.43. The van der Waals surface area contributed by atoms with Crippen LogP contribution in [0.3, 0.4) is 0 Å². The van der Waals surface area contributed by atoms with Crippen LogP contribution in [0.1, 0.15) is 32.3 Å². The monoisotopic (exact) mass is 390 g/mol. The summed E-state index contributed by atoms with van der Waals surface area (Å²) < 4.78 is 5.35. The Bertz CT molecular complexity index is 825. The molecule has 0 aromatic heterocycles. The summed E-state index contributed by atoms with van der Waals surface area (Å²) in [7, 11) is 1.68. The first-order valence-electron chi connectivity index (χ1n) is 8.91. The number of hydrogen-bond acceptors (Lipinski definition) is 5. The van der Waals surface area contributed by atoms with Gasteiger partial charge in [0.15, 0.2) is 5.66 Å². The van der Waals surface area contributed by atoms with Crippen LogP contribution in [0.5, 0.6) is 5.75 Å². The van der Waals surface area contributed by atoms with E-state index < -0.39 is 0 Å². The Morgan fingerprint density at radius 3 is 2.67 bits per heavy atom. The van der Waals surface area contributed by atoms with Crippen molar-refractivity contribution < 1.29 is 10.2 Å². The maximum atomic E-state index is 5.35. The van der Waals surface area contributed by atoms with E-state index in [1.807, 2.05) is 24.4 Å². The van der Waals surface area contributed by atoms with E-state index in [0.29, 0.717) is 5.92 Å². The first-order valence-corrected chi connectivity index (χ1v) is 8.91. The van der Waals surface area contributed by atoms with E-state index in [-0.39, 0.29) is 23.5 Å². The topological polar surface area (TPSA) is 89.8 Å². The van der Waals surface area contributed by atoms with Crippen molar-refractivity contribution in [3.05, 3.63) is 35.4 Å². The molecule has 0 amide bonds. The molecule has 3 aliphatic rings. The molecular weight excluding hydrogens is 364 g/mol. The molecule has 1 atom stereocenters. The summed E-state index contributed by atoms with van der Waals surface area (Å²) in [6.07, 6.45) is 4.15. The zero-order valence-corrected chi connectivity index (χ0v) is 16.8. The van der Waals surface area contributed by atoms with Crippen LogP contribution in [-0.4, -0.2) is 49.0 Å². The molecule has 1 unspecified atom stereocenters. The number of rotatable bonds is 3. The zero-order valence-electron chi connectivity index (χ0n) is 16.0. The average molecular weight is 391 g/mol. The molecule has 0 bridgehead atoms. The van der Waals surface area contributed by atoms with Gasteiger partial charge in [-0.05, 0) is 51.9 Å². The van der Waals surface area contributed by atoms with Gasteiger partial charge in [0.2, 0.25) is 0 Å². The van der Waals surface area contributed by atoms with Gasteiger partial charge in [-0.2, -0.15) is 0 Å². The van der Waals surface area contributed by atoms with Gasteiger partial charge in [-0.1, -0.05) is 12.1 Å². The Kier molecular flexibility index (Phi) is 6.57. The highest BCUT2D eigenvalue weighted by molar-refractivity contribution is 6.69. The highest BCUT2D eigenvalue weighted by atomic mass is 35.5. The summed E-state index contributed by atoms with van der Waals surface area (Å²) in [6, 6.07) is 8.02. The fourth-order valence-electron chi connectivity index (χ4n) is 3.86. The Hall–Kier alpha value is -2.02. The number of fused-ring (bicyclic) bond motifs is 1. The highest BCUT2D eigenvalue weighted by Gasteiger charge is 2.38. The second-order valence-electron chi connectivity index (χ2n) is 7.04. The lowest BCUT2D eigenvalue weighted by Crippen LogP contribution is -2.42. The van der Waals surface area contributed by atoms with Crippen molar-refractivity contribution in [3.8, 4) is 5.75 Å². The summed E-state index contributed by atoms with van der Waals surface area (Å²) >= 11 is 0. The highest BCUT2D eigenvalue weighted by Crippen LogP contribution is 2.36. The van der Waals surface area contributed by atoms with E-state index >= 15 is 0 Å². The molecule has 27 heavy (non-hydrogen) atoms. The van der Waals surface area contributed by atoms with Crippen LogP contribution in [0.15, 0.2) is 44.8 Å². The van der Waals surface area contributed by atoms with Gasteiger partial charge in [-0.25, -0.2) is 4.99 Å². The first kappa shape index (κ1) is 21.3. The Morgan fingerprint density at radius 2 is 1.96 bits per heavy atom. The first-order chi connectivity index (χ1) is 12.1. The molecule has 3 heterocycles. The second kappa shape index (κ2) is 8.33. The number of methoxy groups -OCH3 is 1. The van der Waals surface area contributed by atoms with E-state index in [2.05, 4.69) is 25.2 Å². The van der Waals surface area contributed by atoms with Gasteiger partial charge in [0.25, 0.3) is 0 Å². The summed E-state index contributed by atoms with van der Waals surface area (Å²) in [5.41, 5.74) is 4.64. The van der Waals surface area contributed by atoms with Crippen LogP contribution in [0.4, 0.5) is 0 Å². The van der Waals surface area contributed by atoms with Gasteiger partial charge in [-0.3, -0.25) is 9.98 Å². The van der Waals surface area contributed by atoms with Crippen molar-refractivity contribution >= 4 is 35.7 Å². The SMILES string of the molecule is COc1cccc(C2=C(C)C3=NC(C)(C4CCNCC4)N=CC3=N2)c1.Cl.O. The number of hydrogen-bond donors (Lipinski definition) is 1. The molecule has 1 saturated heterocycles. The second-order valence-corrected chi connectivity index (χ2v) is 7.04. The molecule has 3 N–H and O–H groups in total. The molecule has 0 radical (unpaired) electrons. The van der Waals surface area contributed by atoms with Crippen molar-refractivity contribution in [1.82, 2.24) is 5.32 Å². The number of allylic oxidation sites excluding steroid dienone is 1. The minimum atomic E-state index is -0.373. The van der Waals surface area contributed by atoms with Crippen molar-refractivity contribution in [3.63, 3.8) is 0 Å². The molecule has 1 aromatic carbocycles. The van der Waals surface area contributed by atoms with Crippen LogP contribution < -0.4 is 10.1 Å². The molecule has 146 valence electrons. The van der Waals surface area contributed by atoms with Gasteiger partial charge in [0.05, 0.1) is 24.7 Å². The lowest BCUT2D eigenvalue weighted by atomic mass is 9.85. The fraction of sp³-hybridized carbons (Fsp3) is 0.450. The third kappa shape index (κ3) is 3.83. The number of nitrogens with zero attached hydrogens (tertiary/aromatic N) is 3. The molecule has 0 spiro atoms. The predicted molar refractivity (Wildman–Crippen MR) is 114 cm³/mol. The summed E-state index contributed by atoms with van der Waals surface area (Å²) in [5.74, 6) is 1.32. The third-order valence-electron chi connectivity index (χ3n) is 5.43. The number of halogens is 1. The van der Waals surface area contributed by atoms with Gasteiger partial charge >= 0.3 is 0 Å². The van der Waals surface area contributed by atoms with Crippen molar-refractivity contribution in [2.45, 2.75) is 32.4 Å². The summed E-state index contributed by atoms with van der Waals surface area (Å²) in [5, 5.41) is 3.42. The number of piperidine rings is 1. The van der Waals surface area contributed by atoms with E-state index in [1.165, 1.54) is 0 Å². The predicted octanol–water partition coefficient (Wildman–Crippen LogP) is 2.72. The summed E-state index contributed by atoms with van der Waals surface area (Å²) in [4.78, 5) is 14.7. The van der Waals surface area contributed by atoms with E-state index in [9.17, 15) is 0 Å². The van der Waals surface area contributed by atoms with Crippen LogP contribution in [0, 0.1) is 5.92 Å². The average Bonchev–Trinajstić information content (AvgIpc) is 2.98. The van der Waals surface area contributed by atoms with Crippen LogP contribution in [-0.2, 0) is 0 Å². The smallest absolute Gasteiger partial charge is 0.151 e. The van der Waals surface area contributed by atoms with Crippen molar-refractivity contribution in [2.75, 3.05) is 20.2 Å². The van der Waals surface area contributed by atoms with Crippen LogP contribution >= 0.6 is 12.4 Å². The summed E-state index contributed by atoms with van der Waals surface area (Å²) in [6.45, 7) is 6.35. The quantitative estimate of drug-likeness (QED) is 0.859. The Balaban J connectivity index is 0.00000131. The van der Waals surface area contributed by atoms with Crippen LogP contribution in [0.2, 0.25) is 0 Å². The van der Waals surface area contributed by atoms with Gasteiger partial charge < -0.3 is 15.5 Å². The number of aliphatic imine (C=N–C) groups is 3. The Morgan fingerprint density at radius 1 is 1.22 bits per heavy atom. The minimum absolute atomic E-state index is 0. The van der Waals surface area contributed by atoms with E-state index in [1.54, 1.807) is 7.11 Å². The van der Waals surface area contributed by atoms with Gasteiger partial charge in [0.1, 0.15) is 11.5 Å². The standard InChI is InChI=1S/C20H24N4O.ClH.H2O/c1-13-18(14-5-4-6-16(11-14)25-3)23-17-12-22-20(2,24-19(13)17)15-7-9-21-10-8-15;;/h4-6,11-12,15,21H,7-10H2,1-3H3;1H;1H2. The number of nitrogens with one attached hydrogen (secondary N) is 1. The molecule has 1 fully saturated rings. The largest absolute Gasteiger partial charge is 0.497 e. The lowest BCUT2D eigenvalue weighted by molar-refractivity contribution is 0.243. The number of ether oxygens (including phenoxy) is 1. The molecule has 1 aromatic rings. The van der Waals surface area contributed by atoms with E-state index in [0.717, 1.165) is 59.9 Å². The fourth-order valence-corrected chi connectivity index (χ4v) is 3.86. The van der Waals surface area contributed by atoms with E-state index in [4.69, 9.17) is 19.7 Å². The van der Waals surface area contributed by atoms with Crippen molar-refractivity contribution in [2.24, 2.45) is 20.9 Å². The van der Waals surface area contributed by atoms with Gasteiger partial charge in [-0.15, -0.1) is 12.4 Å². The molecule has 0 aliphatic carbocycles. The normalized spacial score (nSPS) is 24.4. The molecule has 7 heteroatoms. The molecule has 3 aliphatic heterocycles. The zero-order chi connectivity index (χ0) is 17.4. The van der Waals surface area contributed by atoms with Gasteiger partial charge in [0, 0.05) is 17.1 Å². The van der Waals surface area contributed by atoms with Crippen molar-refractivity contribution in [1.29, 1.82) is 0 Å². The molecule has 6 nitrogen and oxygen atoms in total.